The molecule has 0 saturated heterocycles. The highest BCUT2D eigenvalue weighted by atomic mass is 16.3. The summed E-state index contributed by atoms with van der Waals surface area (Å²) in [5.41, 5.74) is 15.7. The summed E-state index contributed by atoms with van der Waals surface area (Å²) in [5.74, 6) is 0. The third-order valence-corrected chi connectivity index (χ3v) is 13.5. The number of rotatable bonds is 5. The number of hydrogen-bond donors (Lipinski definition) is 1. The summed E-state index contributed by atoms with van der Waals surface area (Å²) in [4.78, 5) is 10.0. The molecule has 1 N–H and O–H groups in total. The molecule has 5 nitrogen and oxygen atoms in total. The maximum Gasteiger partial charge on any atom is 0.146 e. The van der Waals surface area contributed by atoms with E-state index in [1.165, 1.54) is 71.2 Å². The second-order valence-electron chi connectivity index (χ2n) is 17.4. The van der Waals surface area contributed by atoms with E-state index < -0.39 is 0 Å². The van der Waals surface area contributed by atoms with Gasteiger partial charge in [0.05, 0.1) is 22.4 Å². The summed E-state index contributed by atoms with van der Waals surface area (Å²) >= 11 is 0. The molecule has 294 valence electrons. The van der Waals surface area contributed by atoms with Crippen LogP contribution in [0.4, 0.5) is 0 Å². The molecule has 8 aromatic carbocycles. The van der Waals surface area contributed by atoms with E-state index in [1.807, 2.05) is 24.5 Å². The molecule has 13 rings (SSSR count). The van der Waals surface area contributed by atoms with Gasteiger partial charge in [-0.1, -0.05) is 123 Å². The minimum absolute atomic E-state index is 0.324. The van der Waals surface area contributed by atoms with Crippen LogP contribution in [0.1, 0.15) is 53.4 Å². The number of furan rings is 1. The highest BCUT2D eigenvalue weighted by molar-refractivity contribution is 6.22. The van der Waals surface area contributed by atoms with Crippen LogP contribution in [0.15, 0.2) is 197 Å². The highest BCUT2D eigenvalue weighted by Gasteiger charge is 2.44. The number of hydrogen-bond acceptors (Lipinski definition) is 4. The number of allylic oxidation sites excluding steroid dienone is 1. The lowest BCUT2D eigenvalue weighted by Crippen LogP contribution is -2.31. The molecule has 62 heavy (non-hydrogen) atoms. The Morgan fingerprint density at radius 2 is 1.32 bits per heavy atom. The largest absolute Gasteiger partial charge is 0.456 e. The molecule has 0 spiro atoms. The van der Waals surface area contributed by atoms with Gasteiger partial charge in [0, 0.05) is 72.7 Å². The Bertz CT molecular complexity index is 3730. The predicted molar refractivity (Wildman–Crippen MR) is 255 cm³/mol. The summed E-state index contributed by atoms with van der Waals surface area (Å²) in [6, 6.07) is 61.7. The lowest BCUT2D eigenvalue weighted by molar-refractivity contribution is 0.629. The molecule has 1 unspecified atom stereocenters. The van der Waals surface area contributed by atoms with Crippen LogP contribution < -0.4 is 5.32 Å². The molecule has 0 fully saturated rings. The fourth-order valence-corrected chi connectivity index (χ4v) is 10.6. The first-order valence-electron chi connectivity index (χ1n) is 21.5. The van der Waals surface area contributed by atoms with Crippen LogP contribution in [-0.2, 0) is 11.8 Å². The maximum atomic E-state index is 6.32. The lowest BCUT2D eigenvalue weighted by Gasteiger charge is -2.32. The molecule has 0 radical (unpaired) electrons. The molecular weight excluding hydrogens is 757 g/mol. The zero-order valence-corrected chi connectivity index (χ0v) is 34.4. The van der Waals surface area contributed by atoms with Crippen molar-refractivity contribution in [3.05, 3.63) is 221 Å². The molecule has 1 aliphatic heterocycles. The van der Waals surface area contributed by atoms with Gasteiger partial charge in [0.15, 0.2) is 0 Å². The molecule has 4 heterocycles. The van der Waals surface area contributed by atoms with Crippen LogP contribution in [0.5, 0.6) is 0 Å². The third-order valence-electron chi connectivity index (χ3n) is 13.5. The van der Waals surface area contributed by atoms with E-state index in [-0.39, 0.29) is 11.6 Å². The summed E-state index contributed by atoms with van der Waals surface area (Å²) in [7, 11) is 0. The Morgan fingerprint density at radius 3 is 2.21 bits per heavy atom. The van der Waals surface area contributed by atoms with Crippen molar-refractivity contribution in [2.24, 2.45) is 4.99 Å². The number of nitrogens with zero attached hydrogens (tertiary/aromatic N) is 3. The number of benzene rings is 8. The molecule has 0 amide bonds. The normalized spacial score (nSPS) is 15.8. The Balaban J connectivity index is 1.01. The van der Waals surface area contributed by atoms with Gasteiger partial charge in [-0.15, -0.1) is 0 Å². The van der Waals surface area contributed by atoms with E-state index in [0.29, 0.717) is 0 Å². The second-order valence-corrected chi connectivity index (χ2v) is 17.4. The second kappa shape index (κ2) is 13.1. The van der Waals surface area contributed by atoms with Gasteiger partial charge in [-0.25, -0.2) is 0 Å². The smallest absolute Gasteiger partial charge is 0.146 e. The van der Waals surface area contributed by atoms with Crippen LogP contribution in [-0.4, -0.2) is 15.3 Å². The molecule has 3 aromatic heterocycles. The Labute approximate surface area is 358 Å². The van der Waals surface area contributed by atoms with Crippen molar-refractivity contribution in [3.63, 3.8) is 0 Å². The number of aliphatic imine (C=N–C) groups is 1. The molecule has 1 aliphatic carbocycles. The van der Waals surface area contributed by atoms with Crippen molar-refractivity contribution in [2.75, 3.05) is 0 Å². The topological polar surface area (TPSA) is 55.4 Å². The van der Waals surface area contributed by atoms with Crippen molar-refractivity contribution in [1.29, 1.82) is 0 Å². The van der Waals surface area contributed by atoms with E-state index in [4.69, 9.17) is 9.41 Å². The van der Waals surface area contributed by atoms with E-state index >= 15 is 0 Å². The van der Waals surface area contributed by atoms with E-state index in [2.05, 4.69) is 186 Å². The Morgan fingerprint density at radius 1 is 0.581 bits per heavy atom. The van der Waals surface area contributed by atoms with Gasteiger partial charge in [-0.2, -0.15) is 0 Å². The van der Waals surface area contributed by atoms with Crippen LogP contribution >= 0.6 is 0 Å². The van der Waals surface area contributed by atoms with Crippen LogP contribution in [0.25, 0.3) is 76.7 Å². The minimum atomic E-state index is -0.347. The van der Waals surface area contributed by atoms with Crippen molar-refractivity contribution in [3.8, 4) is 5.69 Å². The fourth-order valence-electron chi connectivity index (χ4n) is 10.6. The first kappa shape index (κ1) is 35.0. The van der Waals surface area contributed by atoms with Crippen molar-refractivity contribution in [1.82, 2.24) is 14.9 Å². The number of nitrogens with one attached hydrogen (secondary N) is 1. The SMILES string of the molecule is CC1(C)C2=C(NC(c3cccc4c(-n5c6ccccc6c6cc7ccccc7cc65)cccc34)N=C2c2ccc3oc4ccccc4c3c2)c2ccc(Cc3ccncc3)cc21. The van der Waals surface area contributed by atoms with Gasteiger partial charge in [0.25, 0.3) is 0 Å². The zero-order valence-electron chi connectivity index (χ0n) is 34.4. The standard InChI is InChI=1S/C57H40N4O/c1-57(2)47-30-35(29-34-25-27-58-28-26-34)21-23-44(47)55-53(57)54(38-22-24-52-46(32-38)42-14-6-8-20-51(42)62-52)59-56(60-55)43-17-9-16-40-39(43)15-10-19-49(40)61-48-18-7-5-13-41(48)45-31-36-11-3-4-12-37(36)33-50(45)61/h3-28,30-33,56,60H,29H2,1-2H3. The fraction of sp³-hybridized carbons (Fsp3) is 0.0877. The molecule has 1 atom stereocenters. The number of pyridine rings is 1. The average molecular weight is 797 g/mol. The molecule has 0 saturated carbocycles. The average Bonchev–Trinajstić information content (AvgIpc) is 3.92. The Kier molecular flexibility index (Phi) is 7.41. The van der Waals surface area contributed by atoms with Crippen LogP contribution in [0.3, 0.4) is 0 Å². The zero-order chi connectivity index (χ0) is 41.1. The van der Waals surface area contributed by atoms with Gasteiger partial charge in [-0.3, -0.25) is 9.98 Å². The lowest BCUT2D eigenvalue weighted by atomic mass is 9.77. The van der Waals surface area contributed by atoms with Crippen molar-refractivity contribution < 1.29 is 4.42 Å². The number of fused-ring (bicyclic) bond motifs is 10. The first-order chi connectivity index (χ1) is 30.5. The number of para-hydroxylation sites is 2. The molecular formula is C57H40N4O. The van der Waals surface area contributed by atoms with E-state index in [0.717, 1.165) is 56.6 Å². The predicted octanol–water partition coefficient (Wildman–Crippen LogP) is 13.8. The maximum absolute atomic E-state index is 6.32. The monoisotopic (exact) mass is 796 g/mol. The van der Waals surface area contributed by atoms with Gasteiger partial charge >= 0.3 is 0 Å². The quantitative estimate of drug-likeness (QED) is 0.189. The van der Waals surface area contributed by atoms with Crippen LogP contribution in [0, 0.1) is 0 Å². The van der Waals surface area contributed by atoms with E-state index in [1.54, 1.807) is 0 Å². The highest BCUT2D eigenvalue weighted by Crippen LogP contribution is 2.51. The molecule has 2 aliphatic rings. The van der Waals surface area contributed by atoms with Gasteiger partial charge in [-0.05, 0) is 99.9 Å². The summed E-state index contributed by atoms with van der Waals surface area (Å²) < 4.78 is 8.77. The summed E-state index contributed by atoms with van der Waals surface area (Å²) in [6.07, 6.45) is 4.25. The first-order valence-corrected chi connectivity index (χ1v) is 21.5. The van der Waals surface area contributed by atoms with Gasteiger partial charge < -0.3 is 14.3 Å². The molecule has 11 aromatic rings. The molecule has 0 bridgehead atoms. The van der Waals surface area contributed by atoms with Gasteiger partial charge in [0.1, 0.15) is 17.3 Å². The van der Waals surface area contributed by atoms with Crippen molar-refractivity contribution in [2.45, 2.75) is 31.8 Å². The van der Waals surface area contributed by atoms with Crippen LogP contribution in [0.2, 0.25) is 0 Å². The van der Waals surface area contributed by atoms with Gasteiger partial charge in [0.2, 0.25) is 0 Å². The minimum Gasteiger partial charge on any atom is -0.456 e. The molecule has 5 heteroatoms. The third kappa shape index (κ3) is 5.15. The number of aromatic nitrogens is 2. The van der Waals surface area contributed by atoms with Crippen molar-refractivity contribution >= 4 is 76.7 Å². The summed E-state index contributed by atoms with van der Waals surface area (Å²) in [6.45, 7) is 4.71. The summed E-state index contributed by atoms with van der Waals surface area (Å²) in [5, 5.41) is 13.6. The Hall–Kier alpha value is -7.76. The van der Waals surface area contributed by atoms with E-state index in [9.17, 15) is 0 Å².